The van der Waals surface area contributed by atoms with E-state index in [0.717, 1.165) is 5.56 Å². The molecule has 2 N–H and O–H groups in total. The van der Waals surface area contributed by atoms with E-state index in [-0.39, 0.29) is 24.2 Å². The molecule has 0 unspecified atom stereocenters. The summed E-state index contributed by atoms with van der Waals surface area (Å²) in [5.74, 6) is -0.426. The number of hydrogen-bond acceptors (Lipinski definition) is 3. The molecule has 0 bridgehead atoms. The van der Waals surface area contributed by atoms with Crippen LogP contribution in [0.2, 0.25) is 0 Å². The summed E-state index contributed by atoms with van der Waals surface area (Å²) >= 11 is 3.17. The molecule has 2 amide bonds. The summed E-state index contributed by atoms with van der Waals surface area (Å²) in [5, 5.41) is 5.39. The molecule has 126 valence electrons. The summed E-state index contributed by atoms with van der Waals surface area (Å²) in [7, 11) is 0. The second-order valence-electron chi connectivity index (χ2n) is 5.02. The van der Waals surface area contributed by atoms with Crippen molar-refractivity contribution in [3.05, 3.63) is 58.3 Å². The van der Waals surface area contributed by atoms with Crippen LogP contribution in [0.1, 0.15) is 12.5 Å². The van der Waals surface area contributed by atoms with Crippen molar-refractivity contribution in [2.75, 3.05) is 11.9 Å². The molecule has 5 nitrogen and oxygen atoms in total. The highest BCUT2D eigenvalue weighted by molar-refractivity contribution is 9.10. The quantitative estimate of drug-likeness (QED) is 0.789. The first kappa shape index (κ1) is 17.9. The average molecular weight is 395 g/mol. The van der Waals surface area contributed by atoms with Crippen LogP contribution in [0.15, 0.2) is 46.9 Å². The summed E-state index contributed by atoms with van der Waals surface area (Å²) in [6.07, 6.45) is 0. The maximum absolute atomic E-state index is 13.0. The summed E-state index contributed by atoms with van der Waals surface area (Å²) in [6.45, 7) is 1.61. The van der Waals surface area contributed by atoms with Gasteiger partial charge in [0.15, 0.2) is 6.61 Å². The van der Waals surface area contributed by atoms with Gasteiger partial charge in [-0.15, -0.1) is 0 Å². The van der Waals surface area contributed by atoms with Gasteiger partial charge in [-0.3, -0.25) is 9.59 Å². The number of ether oxygens (including phenoxy) is 1. The van der Waals surface area contributed by atoms with Gasteiger partial charge in [0, 0.05) is 19.2 Å². The van der Waals surface area contributed by atoms with Crippen molar-refractivity contribution in [2.45, 2.75) is 13.5 Å². The maximum Gasteiger partial charge on any atom is 0.258 e. The van der Waals surface area contributed by atoms with Gasteiger partial charge in [-0.05, 0) is 51.8 Å². The van der Waals surface area contributed by atoms with E-state index < -0.39 is 0 Å². The van der Waals surface area contributed by atoms with Gasteiger partial charge in [-0.1, -0.05) is 12.1 Å². The third kappa shape index (κ3) is 5.66. The number of carbonyl (C=O) groups is 2. The van der Waals surface area contributed by atoms with Crippen LogP contribution in [0.4, 0.5) is 10.1 Å². The Morgan fingerprint density at radius 1 is 1.17 bits per heavy atom. The molecular weight excluding hydrogens is 379 g/mol. The second-order valence-corrected chi connectivity index (χ2v) is 5.87. The van der Waals surface area contributed by atoms with E-state index in [1.807, 2.05) is 12.1 Å². The number of amides is 2. The van der Waals surface area contributed by atoms with E-state index in [9.17, 15) is 14.0 Å². The fourth-order valence-electron chi connectivity index (χ4n) is 1.90. The summed E-state index contributed by atoms with van der Waals surface area (Å²) in [5.41, 5.74) is 1.59. The third-order valence-corrected chi connectivity index (χ3v) is 3.64. The molecule has 0 radical (unpaired) electrons. The average Bonchev–Trinajstić information content (AvgIpc) is 2.53. The van der Waals surface area contributed by atoms with Crippen LogP contribution in [0.5, 0.6) is 5.75 Å². The zero-order valence-corrected chi connectivity index (χ0v) is 14.5. The summed E-state index contributed by atoms with van der Waals surface area (Å²) in [4.78, 5) is 22.7. The Morgan fingerprint density at radius 3 is 2.50 bits per heavy atom. The highest BCUT2D eigenvalue weighted by Gasteiger charge is 2.07. The highest BCUT2D eigenvalue weighted by Crippen LogP contribution is 2.25. The van der Waals surface area contributed by atoms with Gasteiger partial charge in [0.05, 0.1) is 4.47 Å². The van der Waals surface area contributed by atoms with E-state index >= 15 is 0 Å². The van der Waals surface area contributed by atoms with Gasteiger partial charge in [0.1, 0.15) is 11.6 Å². The number of hydrogen-bond donors (Lipinski definition) is 2. The fraction of sp³-hybridized carbons (Fsp3) is 0.176. The van der Waals surface area contributed by atoms with Crippen LogP contribution in [0.25, 0.3) is 0 Å². The van der Waals surface area contributed by atoms with Crippen LogP contribution in [0.3, 0.4) is 0 Å². The van der Waals surface area contributed by atoms with Crippen molar-refractivity contribution >= 4 is 33.4 Å². The van der Waals surface area contributed by atoms with Crippen molar-refractivity contribution < 1.29 is 18.7 Å². The molecule has 0 atom stereocenters. The van der Waals surface area contributed by atoms with Crippen LogP contribution in [0, 0.1) is 5.82 Å². The lowest BCUT2D eigenvalue weighted by Gasteiger charge is -2.09. The molecule has 0 saturated carbocycles. The molecule has 0 saturated heterocycles. The van der Waals surface area contributed by atoms with Crippen molar-refractivity contribution in [3.8, 4) is 5.75 Å². The van der Waals surface area contributed by atoms with E-state index in [1.165, 1.54) is 25.1 Å². The Bertz CT molecular complexity index is 735. The molecule has 0 aliphatic rings. The number of benzene rings is 2. The zero-order chi connectivity index (χ0) is 17.5. The molecule has 24 heavy (non-hydrogen) atoms. The Balaban J connectivity index is 1.79. The summed E-state index contributed by atoms with van der Waals surface area (Å²) < 4.78 is 18.7. The third-order valence-electron chi connectivity index (χ3n) is 3.02. The lowest BCUT2D eigenvalue weighted by Crippen LogP contribution is -2.28. The largest absolute Gasteiger partial charge is 0.483 e. The monoisotopic (exact) mass is 394 g/mol. The maximum atomic E-state index is 13.0. The minimum atomic E-state index is -0.388. The normalized spacial score (nSPS) is 10.1. The predicted octanol–water partition coefficient (Wildman–Crippen LogP) is 3.24. The standard InChI is InChI=1S/C17H16BrFN2O3/c1-11(22)21-14-5-2-12(3-6-14)9-20-17(23)10-24-16-7-4-13(19)8-15(16)18/h2-8H,9-10H2,1H3,(H,20,23)(H,21,22). The molecule has 0 aliphatic heterocycles. The van der Waals surface area contributed by atoms with Gasteiger partial charge in [-0.25, -0.2) is 4.39 Å². The Kier molecular flexibility index (Phi) is 6.31. The number of rotatable bonds is 6. The molecule has 2 rings (SSSR count). The van der Waals surface area contributed by atoms with Crippen molar-refractivity contribution in [1.82, 2.24) is 5.32 Å². The Hall–Kier alpha value is -2.41. The second kappa shape index (κ2) is 8.44. The van der Waals surface area contributed by atoms with Crippen molar-refractivity contribution in [3.63, 3.8) is 0 Å². The van der Waals surface area contributed by atoms with Gasteiger partial charge >= 0.3 is 0 Å². The van der Waals surface area contributed by atoms with Gasteiger partial charge in [0.25, 0.3) is 5.91 Å². The lowest BCUT2D eigenvalue weighted by atomic mass is 10.2. The summed E-state index contributed by atoms with van der Waals surface area (Å²) in [6, 6.07) is 11.1. The Labute approximate surface area is 147 Å². The van der Waals surface area contributed by atoms with Gasteiger partial charge in [-0.2, -0.15) is 0 Å². The van der Waals surface area contributed by atoms with Gasteiger partial charge < -0.3 is 15.4 Å². The van der Waals surface area contributed by atoms with Crippen LogP contribution >= 0.6 is 15.9 Å². The zero-order valence-electron chi connectivity index (χ0n) is 12.9. The molecule has 7 heteroatoms. The van der Waals surface area contributed by atoms with Crippen LogP contribution < -0.4 is 15.4 Å². The molecule has 0 aromatic heterocycles. The number of carbonyl (C=O) groups excluding carboxylic acids is 2. The lowest BCUT2D eigenvalue weighted by molar-refractivity contribution is -0.123. The van der Waals surface area contributed by atoms with Crippen molar-refractivity contribution in [1.29, 1.82) is 0 Å². The topological polar surface area (TPSA) is 67.4 Å². The minimum Gasteiger partial charge on any atom is -0.483 e. The van der Waals surface area contributed by atoms with Gasteiger partial charge in [0.2, 0.25) is 5.91 Å². The molecule has 0 spiro atoms. The fourth-order valence-corrected chi connectivity index (χ4v) is 2.36. The van der Waals surface area contributed by atoms with E-state index in [0.29, 0.717) is 22.5 Å². The minimum absolute atomic E-state index is 0.139. The number of anilines is 1. The van der Waals surface area contributed by atoms with E-state index in [1.54, 1.807) is 12.1 Å². The molecule has 0 heterocycles. The molecule has 2 aromatic rings. The molecular formula is C17H16BrFN2O3. The van der Waals surface area contributed by atoms with Crippen LogP contribution in [-0.4, -0.2) is 18.4 Å². The first-order valence-electron chi connectivity index (χ1n) is 7.15. The van der Waals surface area contributed by atoms with E-state index in [4.69, 9.17) is 4.74 Å². The smallest absolute Gasteiger partial charge is 0.258 e. The van der Waals surface area contributed by atoms with Crippen molar-refractivity contribution in [2.24, 2.45) is 0 Å². The van der Waals surface area contributed by atoms with Crippen LogP contribution in [-0.2, 0) is 16.1 Å². The molecule has 2 aromatic carbocycles. The number of nitrogens with one attached hydrogen (secondary N) is 2. The molecule has 0 fully saturated rings. The number of halogens is 2. The first-order chi connectivity index (χ1) is 11.4. The SMILES string of the molecule is CC(=O)Nc1ccc(CNC(=O)COc2ccc(F)cc2Br)cc1. The molecule has 0 aliphatic carbocycles. The van der Waals surface area contributed by atoms with E-state index in [2.05, 4.69) is 26.6 Å². The first-order valence-corrected chi connectivity index (χ1v) is 7.94. The predicted molar refractivity (Wildman–Crippen MR) is 92.2 cm³/mol. The Morgan fingerprint density at radius 2 is 1.88 bits per heavy atom. The highest BCUT2D eigenvalue weighted by atomic mass is 79.9.